The number of aromatic amines is 1. The minimum absolute atomic E-state index is 0.0138. The summed E-state index contributed by atoms with van der Waals surface area (Å²) in [6.07, 6.45) is 0. The Bertz CT molecular complexity index is 995. The first-order valence-corrected chi connectivity index (χ1v) is 9.42. The summed E-state index contributed by atoms with van der Waals surface area (Å²) in [7, 11) is 3.60. The molecule has 11 heteroatoms. The van der Waals surface area contributed by atoms with Crippen LogP contribution < -0.4 is 0 Å². The molecule has 0 fully saturated rings. The summed E-state index contributed by atoms with van der Waals surface area (Å²) in [6.45, 7) is 6.84. The van der Waals surface area contributed by atoms with Gasteiger partial charge in [-0.05, 0) is 27.7 Å². The number of esters is 3. The number of fused-ring (bicyclic) bond motifs is 1. The quantitative estimate of drug-likeness (QED) is 0.309. The van der Waals surface area contributed by atoms with E-state index >= 15 is 0 Å². The summed E-state index contributed by atoms with van der Waals surface area (Å²) < 4.78 is 15.1. The summed E-state index contributed by atoms with van der Waals surface area (Å²) in [4.78, 5) is 55.0. The van der Waals surface area contributed by atoms with E-state index in [1.807, 2.05) is 0 Å². The zero-order valence-electron chi connectivity index (χ0n) is 17.9. The molecule has 0 aromatic carbocycles. The Morgan fingerprint density at radius 2 is 1.43 bits per heavy atom. The van der Waals surface area contributed by atoms with Gasteiger partial charge in [-0.15, -0.1) is 0 Å². The van der Waals surface area contributed by atoms with Crippen molar-refractivity contribution in [1.29, 1.82) is 0 Å². The molecule has 2 aromatic heterocycles. The van der Waals surface area contributed by atoms with Crippen molar-refractivity contribution in [1.82, 2.24) is 19.9 Å². The number of amidine groups is 1. The van der Waals surface area contributed by atoms with E-state index in [0.717, 1.165) is 0 Å². The summed E-state index contributed by atoms with van der Waals surface area (Å²) >= 11 is 0. The summed E-state index contributed by atoms with van der Waals surface area (Å²) in [6, 6.07) is 0. The number of imidazole rings is 1. The molecule has 0 amide bonds. The van der Waals surface area contributed by atoms with Crippen LogP contribution in [0.4, 0.5) is 5.95 Å². The Morgan fingerprint density at radius 1 is 0.900 bits per heavy atom. The Balaban J connectivity index is 2.88. The smallest absolute Gasteiger partial charge is 0.359 e. The number of H-pyrrole nitrogens is 1. The highest BCUT2D eigenvalue weighted by Crippen LogP contribution is 2.27. The number of carbonyl (C=O) groups is 3. The Labute approximate surface area is 173 Å². The maximum atomic E-state index is 12.7. The van der Waals surface area contributed by atoms with Crippen molar-refractivity contribution in [3.8, 4) is 0 Å². The second-order valence-electron chi connectivity index (χ2n) is 6.18. The van der Waals surface area contributed by atoms with E-state index in [-0.39, 0.29) is 53.8 Å². The molecule has 2 aromatic rings. The molecular weight excluding hydrogens is 394 g/mol. The van der Waals surface area contributed by atoms with E-state index in [4.69, 9.17) is 14.2 Å². The molecule has 0 atom stereocenters. The van der Waals surface area contributed by atoms with Gasteiger partial charge in [-0.1, -0.05) is 0 Å². The number of nitrogens with zero attached hydrogens (tertiary/aromatic N) is 4. The minimum Gasteiger partial charge on any atom is -0.462 e. The van der Waals surface area contributed by atoms with Gasteiger partial charge in [0, 0.05) is 14.1 Å². The van der Waals surface area contributed by atoms with Crippen LogP contribution in [0.1, 0.15) is 59.0 Å². The number of aliphatic imine (C=N–C) groups is 1. The van der Waals surface area contributed by atoms with E-state index < -0.39 is 17.9 Å². The van der Waals surface area contributed by atoms with Crippen molar-refractivity contribution in [2.45, 2.75) is 27.7 Å². The number of carbonyl (C=O) groups excluding carboxylic acids is 3. The molecule has 0 spiro atoms. The molecule has 0 saturated heterocycles. The van der Waals surface area contributed by atoms with Gasteiger partial charge < -0.3 is 24.1 Å². The van der Waals surface area contributed by atoms with Crippen LogP contribution in [0.15, 0.2) is 4.99 Å². The topological polar surface area (TPSA) is 136 Å². The highest BCUT2D eigenvalue weighted by atomic mass is 16.5. The van der Waals surface area contributed by atoms with E-state index in [2.05, 4.69) is 19.9 Å². The standard InChI is InChI=1S/C19H25N5O6/c1-7-28-16(25)11-12-14(23-19(22-12)20-10(4)24(5)6)15(18(27)30-9-3)21-13(11)17(26)29-8-2/h7-9H2,1-6H3,(H,22,23)/b20-10+. The normalized spacial score (nSPS) is 11.3. The lowest BCUT2D eigenvalue weighted by atomic mass is 10.1. The maximum Gasteiger partial charge on any atom is 0.359 e. The third kappa shape index (κ3) is 4.73. The molecule has 1 N–H and O–H groups in total. The van der Waals surface area contributed by atoms with Crippen LogP contribution in [0.3, 0.4) is 0 Å². The van der Waals surface area contributed by atoms with Gasteiger partial charge in [0.2, 0.25) is 5.95 Å². The average molecular weight is 419 g/mol. The van der Waals surface area contributed by atoms with E-state index in [9.17, 15) is 14.4 Å². The minimum atomic E-state index is -0.884. The molecule has 0 aliphatic rings. The largest absolute Gasteiger partial charge is 0.462 e. The van der Waals surface area contributed by atoms with Gasteiger partial charge >= 0.3 is 17.9 Å². The van der Waals surface area contributed by atoms with Crippen LogP contribution in [-0.4, -0.2) is 77.5 Å². The Kier molecular flexibility index (Phi) is 7.45. The average Bonchev–Trinajstić information content (AvgIpc) is 3.10. The number of rotatable bonds is 7. The third-order valence-corrected chi connectivity index (χ3v) is 3.96. The molecule has 30 heavy (non-hydrogen) atoms. The zero-order chi connectivity index (χ0) is 22.4. The second kappa shape index (κ2) is 9.81. The zero-order valence-corrected chi connectivity index (χ0v) is 17.9. The molecule has 0 aliphatic heterocycles. The van der Waals surface area contributed by atoms with Crippen LogP contribution in [0.5, 0.6) is 0 Å². The third-order valence-electron chi connectivity index (χ3n) is 3.96. The summed E-state index contributed by atoms with van der Waals surface area (Å²) in [5, 5.41) is 0. The van der Waals surface area contributed by atoms with Gasteiger partial charge in [0.05, 0.1) is 19.8 Å². The van der Waals surface area contributed by atoms with Gasteiger partial charge in [0.15, 0.2) is 11.4 Å². The number of hydrogen-bond acceptors (Lipinski definition) is 9. The highest BCUT2D eigenvalue weighted by Gasteiger charge is 2.31. The molecule has 0 radical (unpaired) electrons. The first kappa shape index (κ1) is 22.8. The van der Waals surface area contributed by atoms with Crippen molar-refractivity contribution >= 4 is 40.7 Å². The van der Waals surface area contributed by atoms with Crippen molar-refractivity contribution < 1.29 is 28.6 Å². The molecule has 0 saturated carbocycles. The molecule has 0 aliphatic carbocycles. The molecule has 162 valence electrons. The van der Waals surface area contributed by atoms with Gasteiger partial charge in [0.1, 0.15) is 22.4 Å². The Hall–Kier alpha value is -3.50. The lowest BCUT2D eigenvalue weighted by Gasteiger charge is -2.10. The predicted molar refractivity (Wildman–Crippen MR) is 108 cm³/mol. The number of nitrogens with one attached hydrogen (secondary N) is 1. The molecule has 0 unspecified atom stereocenters. The lowest BCUT2D eigenvalue weighted by molar-refractivity contribution is 0.0470. The first-order chi connectivity index (χ1) is 14.2. The fraction of sp³-hybridized carbons (Fsp3) is 0.474. The van der Waals surface area contributed by atoms with Crippen molar-refractivity contribution in [3.63, 3.8) is 0 Å². The molecule has 11 nitrogen and oxygen atoms in total. The number of aromatic nitrogens is 3. The predicted octanol–water partition coefficient (Wildman–Crippen LogP) is 2.10. The summed E-state index contributed by atoms with van der Waals surface area (Å²) in [5.41, 5.74) is -0.676. The van der Waals surface area contributed by atoms with E-state index in [0.29, 0.717) is 5.84 Å². The van der Waals surface area contributed by atoms with Gasteiger partial charge in [-0.3, -0.25) is 0 Å². The van der Waals surface area contributed by atoms with Crippen LogP contribution in [0.2, 0.25) is 0 Å². The fourth-order valence-electron chi connectivity index (χ4n) is 2.45. The van der Waals surface area contributed by atoms with Crippen LogP contribution in [0, 0.1) is 0 Å². The van der Waals surface area contributed by atoms with Gasteiger partial charge in [-0.25, -0.2) is 29.3 Å². The number of pyridine rings is 1. The number of hydrogen-bond donors (Lipinski definition) is 1. The summed E-state index contributed by atoms with van der Waals surface area (Å²) in [5.74, 6) is -1.75. The highest BCUT2D eigenvalue weighted by molar-refractivity contribution is 6.14. The SMILES string of the molecule is CCOC(=O)c1nc(C(=O)OCC)c2[nH]c(/N=C(\C)N(C)C)nc2c1C(=O)OCC. The van der Waals surface area contributed by atoms with Gasteiger partial charge in [0.25, 0.3) is 0 Å². The fourth-order valence-corrected chi connectivity index (χ4v) is 2.45. The monoisotopic (exact) mass is 419 g/mol. The maximum absolute atomic E-state index is 12.7. The number of ether oxygens (including phenoxy) is 3. The van der Waals surface area contributed by atoms with Gasteiger partial charge in [-0.2, -0.15) is 0 Å². The van der Waals surface area contributed by atoms with Crippen LogP contribution >= 0.6 is 0 Å². The molecule has 2 heterocycles. The van der Waals surface area contributed by atoms with E-state index in [1.54, 1.807) is 46.7 Å². The first-order valence-electron chi connectivity index (χ1n) is 9.42. The van der Waals surface area contributed by atoms with E-state index in [1.165, 1.54) is 0 Å². The second-order valence-corrected chi connectivity index (χ2v) is 6.18. The molecule has 2 rings (SSSR count). The molecular formula is C19H25N5O6. The molecule has 0 bridgehead atoms. The van der Waals surface area contributed by atoms with Crippen molar-refractivity contribution in [3.05, 3.63) is 17.0 Å². The van der Waals surface area contributed by atoms with Crippen molar-refractivity contribution in [2.24, 2.45) is 4.99 Å². The lowest BCUT2D eigenvalue weighted by Crippen LogP contribution is -2.20. The Morgan fingerprint density at radius 3 is 1.97 bits per heavy atom. The van der Waals surface area contributed by atoms with Crippen molar-refractivity contribution in [2.75, 3.05) is 33.9 Å². The van der Waals surface area contributed by atoms with Crippen LogP contribution in [-0.2, 0) is 14.2 Å². The van der Waals surface area contributed by atoms with Crippen LogP contribution in [0.25, 0.3) is 11.0 Å².